The van der Waals surface area contributed by atoms with Gasteiger partial charge in [-0.1, -0.05) is 45.0 Å². The minimum atomic E-state index is -0.446. The van der Waals surface area contributed by atoms with E-state index in [1.54, 1.807) is 24.3 Å². The number of nitrogens with one attached hydrogen (secondary N) is 1. The molecule has 0 radical (unpaired) electrons. The number of hydrogen-bond acceptors (Lipinski definition) is 5. The molecule has 7 nitrogen and oxygen atoms in total. The van der Waals surface area contributed by atoms with E-state index >= 15 is 0 Å². The first-order valence-electron chi connectivity index (χ1n) is 10.5. The molecular weight excluding hydrogens is 406 g/mol. The molecule has 3 aromatic rings. The van der Waals surface area contributed by atoms with Crippen molar-refractivity contribution in [1.82, 2.24) is 5.43 Å². The highest BCUT2D eigenvalue weighted by atomic mass is 16.6. The Morgan fingerprint density at radius 1 is 1.09 bits per heavy atom. The fraction of sp³-hybridized carbons (Fsp3) is 0.280. The summed E-state index contributed by atoms with van der Waals surface area (Å²) in [7, 11) is 0. The van der Waals surface area contributed by atoms with Gasteiger partial charge in [0.1, 0.15) is 11.5 Å². The lowest BCUT2D eigenvalue weighted by molar-refractivity contribution is -0.384. The second kappa shape index (κ2) is 8.42. The Balaban J connectivity index is 1.31. The van der Waals surface area contributed by atoms with Gasteiger partial charge in [0.15, 0.2) is 0 Å². The maximum absolute atomic E-state index is 12.4. The summed E-state index contributed by atoms with van der Waals surface area (Å²) in [6, 6.07) is 18.1. The third kappa shape index (κ3) is 4.77. The first-order valence-corrected chi connectivity index (χ1v) is 10.5. The molecule has 1 N–H and O–H groups in total. The number of nitro groups is 1. The zero-order valence-corrected chi connectivity index (χ0v) is 18.2. The number of nitrogens with zero attached hydrogens (tertiary/aromatic N) is 2. The number of nitro benzene ring substituents is 1. The van der Waals surface area contributed by atoms with Crippen molar-refractivity contribution in [3.63, 3.8) is 0 Å². The Labute approximate surface area is 186 Å². The van der Waals surface area contributed by atoms with Gasteiger partial charge in [0.25, 0.3) is 5.69 Å². The van der Waals surface area contributed by atoms with Gasteiger partial charge in [-0.2, -0.15) is 5.10 Å². The highest BCUT2D eigenvalue weighted by molar-refractivity contribution is 5.85. The number of hydrazone groups is 1. The van der Waals surface area contributed by atoms with Crippen molar-refractivity contribution >= 4 is 17.8 Å². The summed E-state index contributed by atoms with van der Waals surface area (Å²) < 4.78 is 5.69. The molecule has 0 spiro atoms. The first kappa shape index (κ1) is 21.5. The number of carbonyl (C=O) groups excluding carboxylic acids is 1. The van der Waals surface area contributed by atoms with Crippen molar-refractivity contribution in [1.29, 1.82) is 0 Å². The number of rotatable bonds is 6. The van der Waals surface area contributed by atoms with Crippen LogP contribution in [0.3, 0.4) is 0 Å². The molecule has 1 aliphatic rings. The zero-order chi connectivity index (χ0) is 22.9. The maximum atomic E-state index is 12.4. The topological polar surface area (TPSA) is 97.7 Å². The molecule has 0 bridgehead atoms. The SMILES string of the molecule is CC(C)(C)c1ccc([C@H]2C[C@H]2C(=O)NN=Cc2ccc(-c3ccc([N+](=O)[O-])cc3)o2)cc1. The van der Waals surface area contributed by atoms with Crippen LogP contribution in [0.25, 0.3) is 11.3 Å². The van der Waals surface area contributed by atoms with Crippen LogP contribution >= 0.6 is 0 Å². The van der Waals surface area contributed by atoms with E-state index in [1.807, 2.05) is 0 Å². The molecular formula is C25H25N3O4. The van der Waals surface area contributed by atoms with Gasteiger partial charge in [-0.3, -0.25) is 14.9 Å². The van der Waals surface area contributed by atoms with Crippen molar-refractivity contribution in [2.75, 3.05) is 0 Å². The average molecular weight is 431 g/mol. The van der Waals surface area contributed by atoms with Gasteiger partial charge < -0.3 is 4.42 Å². The van der Waals surface area contributed by atoms with Crippen LogP contribution in [0.4, 0.5) is 5.69 Å². The quantitative estimate of drug-likeness (QED) is 0.321. The predicted molar refractivity (Wildman–Crippen MR) is 123 cm³/mol. The minimum absolute atomic E-state index is 0.0216. The van der Waals surface area contributed by atoms with Crippen molar-refractivity contribution in [2.45, 2.75) is 38.5 Å². The van der Waals surface area contributed by atoms with Gasteiger partial charge >= 0.3 is 0 Å². The summed E-state index contributed by atoms with van der Waals surface area (Å²) >= 11 is 0. The monoisotopic (exact) mass is 431 g/mol. The van der Waals surface area contributed by atoms with Gasteiger partial charge in [-0.05, 0) is 53.1 Å². The molecule has 1 amide bonds. The normalized spacial score (nSPS) is 18.0. The molecule has 2 atom stereocenters. The van der Waals surface area contributed by atoms with Crippen molar-refractivity contribution in [3.05, 3.63) is 87.7 Å². The van der Waals surface area contributed by atoms with E-state index in [2.05, 4.69) is 55.6 Å². The molecule has 0 unspecified atom stereocenters. The molecule has 2 aromatic carbocycles. The third-order valence-corrected chi connectivity index (χ3v) is 5.69. The Morgan fingerprint density at radius 3 is 2.41 bits per heavy atom. The van der Waals surface area contributed by atoms with Crippen molar-refractivity contribution < 1.29 is 14.1 Å². The largest absolute Gasteiger partial charge is 0.455 e. The molecule has 164 valence electrons. The van der Waals surface area contributed by atoms with Crippen molar-refractivity contribution in [2.24, 2.45) is 11.0 Å². The molecule has 1 fully saturated rings. The van der Waals surface area contributed by atoms with Gasteiger partial charge in [-0.25, -0.2) is 5.43 Å². The van der Waals surface area contributed by atoms with E-state index in [-0.39, 0.29) is 28.8 Å². The summed E-state index contributed by atoms with van der Waals surface area (Å²) in [5, 5.41) is 14.8. The second-order valence-electron chi connectivity index (χ2n) is 9.06. The molecule has 0 aliphatic heterocycles. The molecule has 32 heavy (non-hydrogen) atoms. The summed E-state index contributed by atoms with van der Waals surface area (Å²) in [5.41, 5.74) is 5.90. The Bertz CT molecular complexity index is 1160. The van der Waals surface area contributed by atoms with Gasteiger partial charge in [0.05, 0.1) is 11.1 Å². The third-order valence-electron chi connectivity index (χ3n) is 5.69. The Kier molecular flexibility index (Phi) is 5.65. The van der Waals surface area contributed by atoms with Gasteiger partial charge in [0.2, 0.25) is 5.91 Å². The standard InChI is InChI=1S/C25H25N3O4/c1-25(2,3)18-8-4-16(5-9-18)21-14-22(21)24(29)27-26-15-20-12-13-23(32-20)17-6-10-19(11-7-17)28(30)31/h4-13,15,21-22H,14H2,1-3H3,(H,27,29)/t21-,22-/m1/s1. The number of non-ortho nitro benzene ring substituents is 1. The lowest BCUT2D eigenvalue weighted by Crippen LogP contribution is -2.20. The highest BCUT2D eigenvalue weighted by Gasteiger charge is 2.44. The maximum Gasteiger partial charge on any atom is 0.269 e. The summed E-state index contributed by atoms with van der Waals surface area (Å²) in [4.78, 5) is 22.7. The van der Waals surface area contributed by atoms with Gasteiger partial charge in [-0.15, -0.1) is 0 Å². The number of hydrogen-bond donors (Lipinski definition) is 1. The minimum Gasteiger partial charge on any atom is -0.455 e. The smallest absolute Gasteiger partial charge is 0.269 e. The molecule has 1 aliphatic carbocycles. The average Bonchev–Trinajstić information content (AvgIpc) is 3.44. The van der Waals surface area contributed by atoms with Crippen LogP contribution in [0, 0.1) is 16.0 Å². The molecule has 7 heteroatoms. The summed E-state index contributed by atoms with van der Waals surface area (Å²) in [6.07, 6.45) is 2.27. The van der Waals surface area contributed by atoms with Crippen LogP contribution < -0.4 is 5.43 Å². The van der Waals surface area contributed by atoms with Crippen LogP contribution in [0.5, 0.6) is 0 Å². The molecule has 1 aromatic heterocycles. The number of furan rings is 1. The summed E-state index contributed by atoms with van der Waals surface area (Å²) in [5.74, 6) is 1.10. The fourth-order valence-corrected chi connectivity index (χ4v) is 3.65. The lowest BCUT2D eigenvalue weighted by atomic mass is 9.86. The van der Waals surface area contributed by atoms with E-state index in [1.165, 1.54) is 29.5 Å². The molecule has 0 saturated heterocycles. The van der Waals surface area contributed by atoms with E-state index < -0.39 is 4.92 Å². The van der Waals surface area contributed by atoms with E-state index in [4.69, 9.17) is 4.42 Å². The number of benzene rings is 2. The zero-order valence-electron chi connectivity index (χ0n) is 18.2. The van der Waals surface area contributed by atoms with Crippen LogP contribution in [0.15, 0.2) is 70.2 Å². The Hall–Kier alpha value is -3.74. The van der Waals surface area contributed by atoms with Crippen molar-refractivity contribution in [3.8, 4) is 11.3 Å². The van der Waals surface area contributed by atoms with E-state index in [9.17, 15) is 14.9 Å². The number of amides is 1. The fourth-order valence-electron chi connectivity index (χ4n) is 3.65. The van der Waals surface area contributed by atoms with Crippen LogP contribution in [-0.4, -0.2) is 17.0 Å². The van der Waals surface area contributed by atoms with E-state index in [0.717, 1.165) is 12.0 Å². The molecule has 4 rings (SSSR count). The van der Waals surface area contributed by atoms with E-state index in [0.29, 0.717) is 11.5 Å². The molecule has 1 saturated carbocycles. The van der Waals surface area contributed by atoms with Gasteiger partial charge in [0, 0.05) is 23.6 Å². The van der Waals surface area contributed by atoms with Crippen LogP contribution in [0.1, 0.15) is 50.0 Å². The summed E-state index contributed by atoms with van der Waals surface area (Å²) in [6.45, 7) is 6.55. The first-order chi connectivity index (χ1) is 15.2. The number of carbonyl (C=O) groups is 1. The lowest BCUT2D eigenvalue weighted by Gasteiger charge is -2.19. The predicted octanol–water partition coefficient (Wildman–Crippen LogP) is 5.41. The second-order valence-corrected chi connectivity index (χ2v) is 9.06. The molecule has 1 heterocycles. The Morgan fingerprint density at radius 2 is 1.78 bits per heavy atom. The van der Waals surface area contributed by atoms with Crippen LogP contribution in [0.2, 0.25) is 0 Å². The highest BCUT2D eigenvalue weighted by Crippen LogP contribution is 2.47. The van der Waals surface area contributed by atoms with Crippen LogP contribution in [-0.2, 0) is 10.2 Å².